The van der Waals surface area contributed by atoms with Gasteiger partial charge in [0.15, 0.2) is 0 Å². The summed E-state index contributed by atoms with van der Waals surface area (Å²) in [5, 5.41) is 13.1. The number of fused-ring (bicyclic) bond motifs is 1. The van der Waals surface area contributed by atoms with Crippen LogP contribution in [0, 0.1) is 0 Å². The molecule has 0 atom stereocenters. The van der Waals surface area contributed by atoms with E-state index in [4.69, 9.17) is 10.9 Å². The van der Waals surface area contributed by atoms with Gasteiger partial charge in [-0.05, 0) is 12.1 Å². The third-order valence-electron chi connectivity index (χ3n) is 1.88. The average molecular weight is 179 g/mol. The number of phenolic OH excluding ortho intramolecular Hbond substituents is 1. The molecule has 0 bridgehead atoms. The molecule has 1 aromatic rings. The van der Waals surface area contributed by atoms with E-state index in [0.717, 1.165) is 0 Å². The molecule has 0 radical (unpaired) electrons. The second kappa shape index (κ2) is 2.63. The number of carbonyl (C=O) groups excluding carboxylic acids is 1. The Morgan fingerprint density at radius 3 is 3.08 bits per heavy atom. The van der Waals surface area contributed by atoms with Crippen LogP contribution in [0.3, 0.4) is 0 Å². The van der Waals surface area contributed by atoms with E-state index in [1.165, 1.54) is 17.1 Å². The van der Waals surface area contributed by atoms with Gasteiger partial charge in [0.25, 0.3) is 0 Å². The topological polar surface area (TPSA) is 78.6 Å². The first kappa shape index (κ1) is 7.88. The number of hydrogen-bond acceptors (Lipinski definition) is 4. The van der Waals surface area contributed by atoms with E-state index in [0.29, 0.717) is 11.4 Å². The lowest BCUT2D eigenvalue weighted by Crippen LogP contribution is -2.42. The van der Waals surface area contributed by atoms with Crippen molar-refractivity contribution in [3.8, 4) is 5.75 Å². The lowest BCUT2D eigenvalue weighted by molar-refractivity contribution is -0.115. The normalized spacial score (nSPS) is 15.2. The van der Waals surface area contributed by atoms with E-state index in [9.17, 15) is 4.79 Å². The van der Waals surface area contributed by atoms with Crippen LogP contribution in [-0.4, -0.2) is 17.6 Å². The number of carbonyl (C=O) groups is 1. The zero-order valence-corrected chi connectivity index (χ0v) is 6.82. The summed E-state index contributed by atoms with van der Waals surface area (Å²) < 4.78 is 0. The zero-order valence-electron chi connectivity index (χ0n) is 6.82. The molecule has 1 heterocycles. The fourth-order valence-corrected chi connectivity index (χ4v) is 1.30. The van der Waals surface area contributed by atoms with Crippen LogP contribution in [0.4, 0.5) is 11.4 Å². The van der Waals surface area contributed by atoms with E-state index in [1.807, 2.05) is 0 Å². The SMILES string of the molecule is NN1CC(=O)Nc2cc(O)ccc21. The first-order chi connectivity index (χ1) is 6.16. The summed E-state index contributed by atoms with van der Waals surface area (Å²) >= 11 is 0. The van der Waals surface area contributed by atoms with Crippen molar-refractivity contribution >= 4 is 17.3 Å². The molecule has 4 N–H and O–H groups in total. The van der Waals surface area contributed by atoms with Gasteiger partial charge in [-0.25, -0.2) is 5.84 Å². The minimum Gasteiger partial charge on any atom is -0.508 e. The molecule has 2 rings (SSSR count). The highest BCUT2D eigenvalue weighted by molar-refractivity contribution is 6.01. The molecule has 0 spiro atoms. The zero-order chi connectivity index (χ0) is 9.42. The Labute approximate surface area is 74.7 Å². The third kappa shape index (κ3) is 1.29. The van der Waals surface area contributed by atoms with Crippen molar-refractivity contribution in [1.29, 1.82) is 0 Å². The molecule has 1 aliphatic heterocycles. The van der Waals surface area contributed by atoms with Crippen LogP contribution >= 0.6 is 0 Å². The molecule has 0 aromatic heterocycles. The first-order valence-corrected chi connectivity index (χ1v) is 3.82. The van der Waals surface area contributed by atoms with Crippen LogP contribution in [-0.2, 0) is 4.79 Å². The summed E-state index contributed by atoms with van der Waals surface area (Å²) in [6, 6.07) is 4.65. The van der Waals surface area contributed by atoms with Crippen LogP contribution in [0.1, 0.15) is 0 Å². The van der Waals surface area contributed by atoms with Crippen molar-refractivity contribution < 1.29 is 9.90 Å². The Kier molecular flexibility index (Phi) is 1.60. The largest absolute Gasteiger partial charge is 0.508 e. The number of hydrogen-bond donors (Lipinski definition) is 3. The summed E-state index contributed by atoms with van der Waals surface area (Å²) in [6.07, 6.45) is 0. The number of amides is 1. The number of nitrogens with two attached hydrogens (primary N) is 1. The van der Waals surface area contributed by atoms with Crippen LogP contribution in [0.5, 0.6) is 5.75 Å². The molecule has 5 nitrogen and oxygen atoms in total. The third-order valence-corrected chi connectivity index (χ3v) is 1.88. The molecule has 0 unspecified atom stereocenters. The smallest absolute Gasteiger partial charge is 0.245 e. The maximum Gasteiger partial charge on any atom is 0.245 e. The predicted octanol–water partition coefficient (Wildman–Crippen LogP) is 0.0244. The summed E-state index contributed by atoms with van der Waals surface area (Å²) in [7, 11) is 0. The Morgan fingerprint density at radius 2 is 2.31 bits per heavy atom. The molecule has 13 heavy (non-hydrogen) atoms. The number of hydrazine groups is 1. The van der Waals surface area contributed by atoms with Gasteiger partial charge >= 0.3 is 0 Å². The lowest BCUT2D eigenvalue weighted by Gasteiger charge is -2.26. The molecule has 0 saturated carbocycles. The monoisotopic (exact) mass is 179 g/mol. The van der Waals surface area contributed by atoms with Crippen molar-refractivity contribution in [1.82, 2.24) is 0 Å². The van der Waals surface area contributed by atoms with E-state index in [2.05, 4.69) is 5.32 Å². The molecular formula is C8H9N3O2. The number of phenols is 1. The highest BCUT2D eigenvalue weighted by atomic mass is 16.3. The Bertz CT molecular complexity index is 364. The number of nitrogens with zero attached hydrogens (tertiary/aromatic N) is 1. The van der Waals surface area contributed by atoms with Gasteiger partial charge in [-0.3, -0.25) is 9.80 Å². The minimum absolute atomic E-state index is 0.106. The molecule has 5 heteroatoms. The van der Waals surface area contributed by atoms with Gasteiger partial charge in [-0.15, -0.1) is 0 Å². The van der Waals surface area contributed by atoms with Gasteiger partial charge in [0, 0.05) is 6.07 Å². The highest BCUT2D eigenvalue weighted by Crippen LogP contribution is 2.30. The van der Waals surface area contributed by atoms with E-state index in [1.54, 1.807) is 6.07 Å². The summed E-state index contributed by atoms with van der Waals surface area (Å²) in [4.78, 5) is 11.0. The highest BCUT2D eigenvalue weighted by Gasteiger charge is 2.19. The van der Waals surface area contributed by atoms with Crippen molar-refractivity contribution in [2.24, 2.45) is 5.84 Å². The van der Waals surface area contributed by atoms with Gasteiger partial charge in [0.2, 0.25) is 5.91 Å². The number of anilines is 2. The van der Waals surface area contributed by atoms with Gasteiger partial charge in [0.1, 0.15) is 12.3 Å². The number of aromatic hydroxyl groups is 1. The van der Waals surface area contributed by atoms with Crippen molar-refractivity contribution in [3.05, 3.63) is 18.2 Å². The second-order valence-corrected chi connectivity index (χ2v) is 2.88. The Morgan fingerprint density at radius 1 is 1.54 bits per heavy atom. The van der Waals surface area contributed by atoms with Crippen molar-refractivity contribution in [3.63, 3.8) is 0 Å². The summed E-state index contributed by atoms with van der Waals surface area (Å²) in [5.41, 5.74) is 1.25. The van der Waals surface area contributed by atoms with Crippen molar-refractivity contribution in [2.75, 3.05) is 16.9 Å². The van der Waals surface area contributed by atoms with E-state index in [-0.39, 0.29) is 18.2 Å². The molecule has 0 saturated heterocycles. The van der Waals surface area contributed by atoms with Crippen molar-refractivity contribution in [2.45, 2.75) is 0 Å². The summed E-state index contributed by atoms with van der Waals surface area (Å²) in [5.74, 6) is 5.50. The number of rotatable bonds is 0. The van der Waals surface area contributed by atoms with Crippen LogP contribution in [0.2, 0.25) is 0 Å². The van der Waals surface area contributed by atoms with Gasteiger partial charge < -0.3 is 10.4 Å². The Hall–Kier alpha value is -1.75. The predicted molar refractivity (Wildman–Crippen MR) is 48.3 cm³/mol. The van der Waals surface area contributed by atoms with Crippen LogP contribution in [0.15, 0.2) is 18.2 Å². The molecule has 1 aliphatic rings. The summed E-state index contributed by atoms with van der Waals surface area (Å²) in [6.45, 7) is 0.137. The average Bonchev–Trinajstić information content (AvgIpc) is 2.02. The maximum absolute atomic E-state index is 11.0. The fourth-order valence-electron chi connectivity index (χ4n) is 1.30. The molecule has 0 aliphatic carbocycles. The van der Waals surface area contributed by atoms with Crippen LogP contribution in [0.25, 0.3) is 0 Å². The number of benzene rings is 1. The second-order valence-electron chi connectivity index (χ2n) is 2.88. The lowest BCUT2D eigenvalue weighted by atomic mass is 10.2. The fraction of sp³-hybridized carbons (Fsp3) is 0.125. The van der Waals surface area contributed by atoms with E-state index < -0.39 is 0 Å². The molecule has 1 aromatic carbocycles. The molecule has 1 amide bonds. The van der Waals surface area contributed by atoms with Gasteiger partial charge in [0.05, 0.1) is 11.4 Å². The number of nitrogens with one attached hydrogen (secondary N) is 1. The Balaban J connectivity index is 2.49. The van der Waals surface area contributed by atoms with Crippen LogP contribution < -0.4 is 16.2 Å². The van der Waals surface area contributed by atoms with Gasteiger partial charge in [-0.1, -0.05) is 0 Å². The quantitative estimate of drug-likeness (QED) is 0.491. The standard InChI is InChI=1S/C8H9N3O2/c9-11-4-8(13)10-6-3-5(12)1-2-7(6)11/h1-3,12H,4,9H2,(H,10,13). The molecule has 0 fully saturated rings. The minimum atomic E-state index is -0.180. The molecular weight excluding hydrogens is 170 g/mol. The maximum atomic E-state index is 11.0. The van der Waals surface area contributed by atoms with Gasteiger partial charge in [-0.2, -0.15) is 0 Å². The first-order valence-electron chi connectivity index (χ1n) is 3.82. The van der Waals surface area contributed by atoms with E-state index >= 15 is 0 Å². The molecule has 68 valence electrons.